The molecule has 1 atom stereocenters. The highest BCUT2D eigenvalue weighted by molar-refractivity contribution is 5.54. The fourth-order valence-corrected chi connectivity index (χ4v) is 2.07. The molecule has 2 rings (SSSR count). The number of nitrogens with zero attached hydrogens (tertiary/aromatic N) is 2. The number of aryl methyl sites for hydroxylation is 1. The van der Waals surface area contributed by atoms with Crippen molar-refractivity contribution in [1.82, 2.24) is 9.55 Å². The molecule has 1 aromatic carbocycles. The van der Waals surface area contributed by atoms with E-state index >= 15 is 0 Å². The third-order valence-corrected chi connectivity index (χ3v) is 3.26. The van der Waals surface area contributed by atoms with E-state index in [9.17, 15) is 0 Å². The van der Waals surface area contributed by atoms with Gasteiger partial charge in [0.2, 0.25) is 0 Å². The van der Waals surface area contributed by atoms with Crippen molar-refractivity contribution in [3.05, 3.63) is 42.7 Å². The van der Waals surface area contributed by atoms with E-state index in [1.165, 1.54) is 0 Å². The minimum Gasteiger partial charge on any atom is -0.394 e. The largest absolute Gasteiger partial charge is 0.394 e. The molecule has 0 fully saturated rings. The van der Waals surface area contributed by atoms with Gasteiger partial charge in [0.1, 0.15) is 5.82 Å². The van der Waals surface area contributed by atoms with Gasteiger partial charge >= 0.3 is 0 Å². The Morgan fingerprint density at radius 2 is 2.05 bits per heavy atom. The number of aromatic nitrogens is 2. The lowest BCUT2D eigenvalue weighted by atomic mass is 9.98. The minimum atomic E-state index is -0.493. The van der Waals surface area contributed by atoms with Crippen LogP contribution in [-0.2, 0) is 6.54 Å². The van der Waals surface area contributed by atoms with Gasteiger partial charge in [-0.1, -0.05) is 30.3 Å². The van der Waals surface area contributed by atoms with Crippen LogP contribution in [-0.4, -0.2) is 26.8 Å². The molecule has 2 aromatic rings. The van der Waals surface area contributed by atoms with Gasteiger partial charge < -0.3 is 15.4 Å². The van der Waals surface area contributed by atoms with Gasteiger partial charge in [0.25, 0.3) is 0 Å². The van der Waals surface area contributed by atoms with Gasteiger partial charge in [-0.25, -0.2) is 4.98 Å². The van der Waals surface area contributed by atoms with Crippen molar-refractivity contribution >= 4 is 0 Å². The van der Waals surface area contributed by atoms with E-state index in [0.29, 0.717) is 0 Å². The average Bonchev–Trinajstić information content (AvgIpc) is 2.88. The van der Waals surface area contributed by atoms with E-state index in [4.69, 9.17) is 10.8 Å². The maximum Gasteiger partial charge on any atom is 0.139 e. The number of aliphatic hydroxyl groups is 1. The smallest absolute Gasteiger partial charge is 0.139 e. The summed E-state index contributed by atoms with van der Waals surface area (Å²) in [5.74, 6) is 0.975. The highest BCUT2D eigenvalue weighted by Crippen LogP contribution is 2.18. The lowest BCUT2D eigenvalue weighted by Crippen LogP contribution is -2.40. The average molecular weight is 259 g/mol. The molecule has 0 amide bonds. The summed E-state index contributed by atoms with van der Waals surface area (Å²) in [6.45, 7) is 2.75. The van der Waals surface area contributed by atoms with Gasteiger partial charge in [0.15, 0.2) is 0 Å². The molecule has 4 heteroatoms. The Morgan fingerprint density at radius 1 is 1.32 bits per heavy atom. The van der Waals surface area contributed by atoms with Crippen molar-refractivity contribution in [1.29, 1.82) is 0 Å². The number of hydrogen-bond acceptors (Lipinski definition) is 3. The first-order valence-corrected chi connectivity index (χ1v) is 6.59. The quantitative estimate of drug-likeness (QED) is 0.834. The molecule has 0 bridgehead atoms. The summed E-state index contributed by atoms with van der Waals surface area (Å²) in [5, 5.41) is 9.14. The van der Waals surface area contributed by atoms with E-state index < -0.39 is 5.54 Å². The number of benzene rings is 1. The predicted octanol–water partition coefficient (Wildman–Crippen LogP) is 2.04. The molecule has 0 aliphatic heterocycles. The molecule has 0 saturated carbocycles. The Balaban J connectivity index is 2.01. The van der Waals surface area contributed by atoms with E-state index in [0.717, 1.165) is 30.8 Å². The molecular weight excluding hydrogens is 238 g/mol. The van der Waals surface area contributed by atoms with Crippen LogP contribution in [0.25, 0.3) is 11.4 Å². The first kappa shape index (κ1) is 13.8. The normalized spacial score (nSPS) is 14.3. The molecule has 0 aliphatic carbocycles. The van der Waals surface area contributed by atoms with Gasteiger partial charge in [0.05, 0.1) is 6.61 Å². The molecule has 0 spiro atoms. The second-order valence-electron chi connectivity index (χ2n) is 5.23. The maximum absolute atomic E-state index is 9.14. The zero-order chi connectivity index (χ0) is 13.7. The SMILES string of the molecule is CC(N)(CO)CCCn1ccnc1-c1ccccc1. The molecule has 1 unspecified atom stereocenters. The summed E-state index contributed by atoms with van der Waals surface area (Å²) in [5.41, 5.74) is 6.55. The lowest BCUT2D eigenvalue weighted by molar-refractivity contribution is 0.196. The van der Waals surface area contributed by atoms with Crippen LogP contribution in [0.5, 0.6) is 0 Å². The molecule has 4 nitrogen and oxygen atoms in total. The molecule has 0 radical (unpaired) electrons. The van der Waals surface area contributed by atoms with Crippen LogP contribution >= 0.6 is 0 Å². The molecular formula is C15H21N3O. The van der Waals surface area contributed by atoms with Crippen LogP contribution in [0.4, 0.5) is 0 Å². The van der Waals surface area contributed by atoms with Gasteiger partial charge in [-0.15, -0.1) is 0 Å². The van der Waals surface area contributed by atoms with Crippen molar-refractivity contribution in [3.8, 4) is 11.4 Å². The number of rotatable bonds is 6. The second-order valence-corrected chi connectivity index (χ2v) is 5.23. The number of imidazole rings is 1. The van der Waals surface area contributed by atoms with Gasteiger partial charge in [-0.05, 0) is 19.8 Å². The zero-order valence-electron chi connectivity index (χ0n) is 11.3. The number of nitrogens with two attached hydrogens (primary N) is 1. The Bertz CT molecular complexity index is 505. The Morgan fingerprint density at radius 3 is 2.74 bits per heavy atom. The van der Waals surface area contributed by atoms with Crippen LogP contribution in [0, 0.1) is 0 Å². The first-order valence-electron chi connectivity index (χ1n) is 6.59. The summed E-state index contributed by atoms with van der Waals surface area (Å²) < 4.78 is 2.13. The first-order chi connectivity index (χ1) is 9.12. The Hall–Kier alpha value is -1.65. The highest BCUT2D eigenvalue weighted by Gasteiger charge is 2.16. The fourth-order valence-electron chi connectivity index (χ4n) is 2.07. The maximum atomic E-state index is 9.14. The Kier molecular flexibility index (Phi) is 4.35. The third kappa shape index (κ3) is 3.66. The molecule has 102 valence electrons. The minimum absolute atomic E-state index is 0.0163. The van der Waals surface area contributed by atoms with Crippen LogP contribution in [0.15, 0.2) is 42.7 Å². The van der Waals surface area contributed by atoms with Crippen LogP contribution < -0.4 is 5.73 Å². The summed E-state index contributed by atoms with van der Waals surface area (Å²) in [6, 6.07) is 10.1. The van der Waals surface area contributed by atoms with Crippen LogP contribution in [0.3, 0.4) is 0 Å². The lowest BCUT2D eigenvalue weighted by Gasteiger charge is -2.21. The zero-order valence-corrected chi connectivity index (χ0v) is 11.3. The summed E-state index contributed by atoms with van der Waals surface area (Å²) in [4.78, 5) is 4.40. The van der Waals surface area contributed by atoms with Crippen LogP contribution in [0.1, 0.15) is 19.8 Å². The van der Waals surface area contributed by atoms with Gasteiger partial charge in [0, 0.05) is 30.0 Å². The highest BCUT2D eigenvalue weighted by atomic mass is 16.3. The molecule has 1 aromatic heterocycles. The van der Waals surface area contributed by atoms with Crippen molar-refractivity contribution in [3.63, 3.8) is 0 Å². The number of hydrogen-bond donors (Lipinski definition) is 2. The Labute approximate surface area is 113 Å². The summed E-state index contributed by atoms with van der Waals surface area (Å²) in [6.07, 6.45) is 5.50. The van der Waals surface area contributed by atoms with E-state index in [1.807, 2.05) is 37.5 Å². The van der Waals surface area contributed by atoms with Crippen molar-refractivity contribution < 1.29 is 5.11 Å². The van der Waals surface area contributed by atoms with Crippen molar-refractivity contribution in [2.45, 2.75) is 31.8 Å². The van der Waals surface area contributed by atoms with Gasteiger partial charge in [-0.2, -0.15) is 0 Å². The van der Waals surface area contributed by atoms with Crippen LogP contribution in [0.2, 0.25) is 0 Å². The number of aliphatic hydroxyl groups excluding tert-OH is 1. The topological polar surface area (TPSA) is 64.1 Å². The van der Waals surface area contributed by atoms with E-state index in [-0.39, 0.29) is 6.61 Å². The summed E-state index contributed by atoms with van der Waals surface area (Å²) in [7, 11) is 0. The predicted molar refractivity (Wildman–Crippen MR) is 76.6 cm³/mol. The fraction of sp³-hybridized carbons (Fsp3) is 0.400. The molecule has 1 heterocycles. The van der Waals surface area contributed by atoms with Gasteiger partial charge in [-0.3, -0.25) is 0 Å². The molecule has 3 N–H and O–H groups in total. The molecule has 0 aliphatic rings. The van der Waals surface area contributed by atoms with E-state index in [1.54, 1.807) is 0 Å². The second kappa shape index (κ2) is 5.99. The third-order valence-electron chi connectivity index (χ3n) is 3.26. The summed E-state index contributed by atoms with van der Waals surface area (Å²) >= 11 is 0. The van der Waals surface area contributed by atoms with Crippen molar-refractivity contribution in [2.24, 2.45) is 5.73 Å². The van der Waals surface area contributed by atoms with Crippen molar-refractivity contribution in [2.75, 3.05) is 6.61 Å². The molecule has 19 heavy (non-hydrogen) atoms. The molecule has 0 saturated heterocycles. The monoisotopic (exact) mass is 259 g/mol. The van der Waals surface area contributed by atoms with E-state index in [2.05, 4.69) is 21.7 Å². The standard InChI is InChI=1S/C15H21N3O/c1-15(16,12-19)8-5-10-18-11-9-17-14(18)13-6-3-2-4-7-13/h2-4,6-7,9,11,19H,5,8,10,12,16H2,1H3.